The molecule has 0 bridgehead atoms. The number of pyridine rings is 1. The fourth-order valence-electron chi connectivity index (χ4n) is 3.73. The molecule has 3 heterocycles. The van der Waals surface area contributed by atoms with E-state index in [0.29, 0.717) is 24.1 Å². The molecule has 1 aliphatic carbocycles. The molecular formula is C20H24N6O. The van der Waals surface area contributed by atoms with E-state index in [9.17, 15) is 4.79 Å². The zero-order valence-electron chi connectivity index (χ0n) is 15.5. The maximum Gasteiger partial charge on any atom is 0.271 e. The minimum Gasteiger partial charge on any atom is -0.356 e. The van der Waals surface area contributed by atoms with Crippen LogP contribution in [0.3, 0.4) is 0 Å². The molecule has 1 fully saturated rings. The van der Waals surface area contributed by atoms with Crippen molar-refractivity contribution in [2.24, 2.45) is 0 Å². The third-order valence-electron chi connectivity index (χ3n) is 5.23. The second-order valence-corrected chi connectivity index (χ2v) is 7.02. The van der Waals surface area contributed by atoms with Crippen LogP contribution in [0.5, 0.6) is 0 Å². The molecule has 3 aromatic rings. The molecule has 27 heavy (non-hydrogen) atoms. The number of aromatic nitrogens is 4. The van der Waals surface area contributed by atoms with Gasteiger partial charge in [-0.25, -0.2) is 15.0 Å². The van der Waals surface area contributed by atoms with Gasteiger partial charge in [-0.1, -0.05) is 25.3 Å². The average molecular weight is 364 g/mol. The first-order valence-corrected chi connectivity index (χ1v) is 9.47. The number of hydrogen-bond acceptors (Lipinski definition) is 5. The Morgan fingerprint density at radius 2 is 2.04 bits per heavy atom. The third kappa shape index (κ3) is 3.77. The molecule has 1 aliphatic rings. The Morgan fingerprint density at radius 3 is 2.85 bits per heavy atom. The van der Waals surface area contributed by atoms with Gasteiger partial charge in [0, 0.05) is 50.0 Å². The van der Waals surface area contributed by atoms with Gasteiger partial charge in [0.15, 0.2) is 0 Å². The Hall–Kier alpha value is -2.96. The number of nitrogens with one attached hydrogen (secondary N) is 1. The minimum absolute atomic E-state index is 0.212. The van der Waals surface area contributed by atoms with Crippen LogP contribution in [0, 0.1) is 0 Å². The van der Waals surface area contributed by atoms with E-state index in [4.69, 9.17) is 0 Å². The molecule has 0 unspecified atom stereocenters. The molecule has 1 N–H and O–H groups in total. The van der Waals surface area contributed by atoms with E-state index in [1.807, 2.05) is 24.5 Å². The first-order chi connectivity index (χ1) is 13.2. The molecule has 0 atom stereocenters. The Bertz CT molecular complexity index is 898. The summed E-state index contributed by atoms with van der Waals surface area (Å²) < 4.78 is 1.74. The highest BCUT2D eigenvalue weighted by Gasteiger charge is 2.21. The second-order valence-electron chi connectivity index (χ2n) is 7.02. The molecule has 7 heteroatoms. The maximum atomic E-state index is 12.5. The van der Waals surface area contributed by atoms with Crippen LogP contribution in [0.15, 0.2) is 43.0 Å². The number of nitrogens with zero attached hydrogens (tertiary/aromatic N) is 5. The normalized spacial score (nSPS) is 15.0. The zero-order chi connectivity index (χ0) is 18.6. The lowest BCUT2D eigenvalue weighted by Crippen LogP contribution is -2.35. The number of anilines is 1. The molecule has 4 rings (SSSR count). The van der Waals surface area contributed by atoms with Crippen LogP contribution < -0.4 is 10.2 Å². The molecule has 1 saturated carbocycles. The standard InChI is InChI=1S/C20H24N6O/c1-25(16-8-3-2-4-9-16)18-15(7-5-10-21-18)13-23-19(27)17-14-26-12-6-11-22-20(26)24-17/h5-7,10-12,14,16H,2-4,8-9,13H2,1H3,(H,23,27). The number of hydrogen-bond donors (Lipinski definition) is 1. The van der Waals surface area contributed by atoms with Gasteiger partial charge in [0.2, 0.25) is 5.78 Å². The van der Waals surface area contributed by atoms with Crippen molar-refractivity contribution in [1.29, 1.82) is 0 Å². The number of rotatable bonds is 5. The Labute approximate surface area is 158 Å². The number of carbonyl (C=O) groups excluding carboxylic acids is 1. The zero-order valence-corrected chi connectivity index (χ0v) is 15.5. The molecule has 0 spiro atoms. The van der Waals surface area contributed by atoms with Gasteiger partial charge in [-0.2, -0.15) is 0 Å². The molecule has 3 aromatic heterocycles. The van der Waals surface area contributed by atoms with E-state index in [-0.39, 0.29) is 5.91 Å². The van der Waals surface area contributed by atoms with Crippen LogP contribution in [-0.2, 0) is 6.54 Å². The van der Waals surface area contributed by atoms with E-state index in [2.05, 4.69) is 32.2 Å². The van der Waals surface area contributed by atoms with Crippen molar-refractivity contribution in [2.45, 2.75) is 44.7 Å². The van der Waals surface area contributed by atoms with Crippen molar-refractivity contribution >= 4 is 17.5 Å². The molecule has 0 aromatic carbocycles. The highest BCUT2D eigenvalue weighted by atomic mass is 16.1. The van der Waals surface area contributed by atoms with Gasteiger partial charge >= 0.3 is 0 Å². The van der Waals surface area contributed by atoms with Crippen molar-refractivity contribution in [3.8, 4) is 0 Å². The molecule has 0 aliphatic heterocycles. The summed E-state index contributed by atoms with van der Waals surface area (Å²) in [4.78, 5) is 27.8. The highest BCUT2D eigenvalue weighted by Crippen LogP contribution is 2.26. The molecule has 1 amide bonds. The van der Waals surface area contributed by atoms with Gasteiger partial charge in [0.25, 0.3) is 5.91 Å². The Morgan fingerprint density at radius 1 is 1.22 bits per heavy atom. The Kier molecular flexibility index (Phi) is 5.00. The van der Waals surface area contributed by atoms with E-state index in [0.717, 1.165) is 11.4 Å². The molecular weight excluding hydrogens is 340 g/mol. The summed E-state index contributed by atoms with van der Waals surface area (Å²) in [6.45, 7) is 0.417. The lowest BCUT2D eigenvalue weighted by Gasteiger charge is -2.33. The number of amides is 1. The summed E-state index contributed by atoms with van der Waals surface area (Å²) in [6.07, 6.45) is 13.3. The van der Waals surface area contributed by atoms with Gasteiger partial charge in [-0.05, 0) is 25.0 Å². The number of imidazole rings is 1. The molecule has 140 valence electrons. The van der Waals surface area contributed by atoms with Gasteiger partial charge in [-0.15, -0.1) is 0 Å². The smallest absolute Gasteiger partial charge is 0.271 e. The predicted octanol–water partition coefficient (Wildman–Crippen LogP) is 2.82. The van der Waals surface area contributed by atoms with Crippen LogP contribution in [0.1, 0.15) is 48.2 Å². The largest absolute Gasteiger partial charge is 0.356 e. The van der Waals surface area contributed by atoms with Crippen LogP contribution in [0.25, 0.3) is 5.78 Å². The van der Waals surface area contributed by atoms with E-state index in [1.165, 1.54) is 32.1 Å². The lowest BCUT2D eigenvalue weighted by atomic mass is 9.94. The first-order valence-electron chi connectivity index (χ1n) is 9.47. The van der Waals surface area contributed by atoms with E-state index >= 15 is 0 Å². The predicted molar refractivity (Wildman–Crippen MR) is 104 cm³/mol. The third-order valence-corrected chi connectivity index (χ3v) is 5.23. The van der Waals surface area contributed by atoms with Gasteiger partial charge in [0.1, 0.15) is 11.5 Å². The summed E-state index contributed by atoms with van der Waals surface area (Å²) in [5.41, 5.74) is 1.38. The monoisotopic (exact) mass is 364 g/mol. The van der Waals surface area contributed by atoms with Gasteiger partial charge in [-0.3, -0.25) is 9.20 Å². The SMILES string of the molecule is CN(c1ncccc1CNC(=O)c1cn2cccnc2n1)C1CCCCC1. The lowest BCUT2D eigenvalue weighted by molar-refractivity contribution is 0.0946. The summed E-state index contributed by atoms with van der Waals surface area (Å²) in [6, 6.07) is 6.26. The van der Waals surface area contributed by atoms with Gasteiger partial charge in [0.05, 0.1) is 0 Å². The molecule has 7 nitrogen and oxygen atoms in total. The fraction of sp³-hybridized carbons (Fsp3) is 0.400. The summed E-state index contributed by atoms with van der Waals surface area (Å²) in [5.74, 6) is 1.25. The summed E-state index contributed by atoms with van der Waals surface area (Å²) >= 11 is 0. The van der Waals surface area contributed by atoms with Crippen LogP contribution in [-0.4, -0.2) is 38.3 Å². The summed E-state index contributed by atoms with van der Waals surface area (Å²) in [7, 11) is 2.11. The van der Waals surface area contributed by atoms with Crippen molar-refractivity contribution in [1.82, 2.24) is 24.7 Å². The van der Waals surface area contributed by atoms with Crippen LogP contribution in [0.4, 0.5) is 5.82 Å². The van der Waals surface area contributed by atoms with E-state index in [1.54, 1.807) is 22.9 Å². The van der Waals surface area contributed by atoms with Crippen molar-refractivity contribution < 1.29 is 4.79 Å². The number of carbonyl (C=O) groups is 1. The minimum atomic E-state index is -0.212. The van der Waals surface area contributed by atoms with Crippen LogP contribution >= 0.6 is 0 Å². The van der Waals surface area contributed by atoms with Gasteiger partial charge < -0.3 is 10.2 Å². The van der Waals surface area contributed by atoms with Crippen LogP contribution in [0.2, 0.25) is 0 Å². The molecule has 0 saturated heterocycles. The second kappa shape index (κ2) is 7.73. The molecule has 0 radical (unpaired) electrons. The summed E-state index contributed by atoms with van der Waals surface area (Å²) in [5, 5.41) is 2.97. The average Bonchev–Trinajstić information content (AvgIpc) is 3.17. The highest BCUT2D eigenvalue weighted by molar-refractivity contribution is 5.92. The van der Waals surface area contributed by atoms with Crippen molar-refractivity contribution in [2.75, 3.05) is 11.9 Å². The fourth-order valence-corrected chi connectivity index (χ4v) is 3.73. The number of fused-ring (bicyclic) bond motifs is 1. The van der Waals surface area contributed by atoms with Crippen molar-refractivity contribution in [3.05, 3.63) is 54.2 Å². The van der Waals surface area contributed by atoms with E-state index < -0.39 is 0 Å². The Balaban J connectivity index is 1.47. The maximum absolute atomic E-state index is 12.5. The topological polar surface area (TPSA) is 75.4 Å². The first kappa shape index (κ1) is 17.5. The quantitative estimate of drug-likeness (QED) is 0.753. The van der Waals surface area contributed by atoms with Crippen molar-refractivity contribution in [3.63, 3.8) is 0 Å².